The first-order valence-corrected chi connectivity index (χ1v) is 4.49. The molecule has 7 nitrogen and oxygen atoms in total. The number of hydrogen-bond donors (Lipinski definition) is 4. The molecule has 0 radical (unpaired) electrons. The monoisotopic (exact) mass is 222 g/mol. The van der Waals surface area contributed by atoms with E-state index in [9.17, 15) is 0 Å². The number of phosphoric acid groups is 1. The molecule has 0 unspecified atom stereocenters. The Bertz CT molecular complexity index is 113. The van der Waals surface area contributed by atoms with Gasteiger partial charge < -0.3 is 14.7 Å². The molecule has 0 aromatic carbocycles. The van der Waals surface area contributed by atoms with Crippen LogP contribution in [-0.4, -0.2) is 18.1 Å². The summed E-state index contributed by atoms with van der Waals surface area (Å²) in [6, 6.07) is 0. The fourth-order valence-electron chi connectivity index (χ4n) is 0. The van der Waals surface area contributed by atoms with Crippen molar-refractivity contribution in [2.24, 2.45) is 0 Å². The molecular weight excluding hydrogens is 218 g/mol. The van der Waals surface area contributed by atoms with Gasteiger partial charge in [-0.3, -0.25) is 4.57 Å². The van der Waals surface area contributed by atoms with Gasteiger partial charge in [0.25, 0.3) is 7.82 Å². The van der Waals surface area contributed by atoms with Gasteiger partial charge in [-0.2, -0.15) is 0 Å². The maximum atomic E-state index is 8.77. The second kappa shape index (κ2) is 8.46. The van der Waals surface area contributed by atoms with E-state index in [1.807, 2.05) is 0 Å². The topological polar surface area (TPSA) is 138 Å². The van der Waals surface area contributed by atoms with Crippen molar-refractivity contribution in [3.05, 3.63) is 0 Å². The molecule has 0 aliphatic rings. The van der Waals surface area contributed by atoms with Crippen LogP contribution in [0.3, 0.4) is 0 Å². The van der Waals surface area contributed by atoms with Crippen LogP contribution in [0.1, 0.15) is 0 Å². The summed E-state index contributed by atoms with van der Waals surface area (Å²) in [4.78, 5) is 22.9. The van der Waals surface area contributed by atoms with E-state index in [0.29, 0.717) is 0 Å². The van der Waals surface area contributed by atoms with Crippen LogP contribution < -0.4 is 34.5 Å². The van der Waals surface area contributed by atoms with Crippen molar-refractivity contribution in [3.63, 3.8) is 0 Å². The Morgan fingerprint density at radius 2 is 1.30 bits per heavy atom. The van der Waals surface area contributed by atoms with Gasteiger partial charge in [-0.1, -0.05) is 0 Å². The van der Waals surface area contributed by atoms with E-state index in [-0.39, 0.29) is 29.6 Å². The maximum absolute atomic E-state index is 8.77. The first-order chi connectivity index (χ1) is 3.73. The molecule has 4 N–H and O–H groups in total. The summed E-state index contributed by atoms with van der Waals surface area (Å²) in [5.74, 6) is 0. The standard InChI is InChI=1S/Cr.Na.H3O4P.2H2O.O/c;;1-5(2,3)4;;;/h;;(H3,1,2,3,4);2*1H2;/q+2;+1;;;;/p-3. The average molecular weight is 222 g/mol. The van der Waals surface area contributed by atoms with Gasteiger partial charge in [0.2, 0.25) is 0 Å². The van der Waals surface area contributed by atoms with E-state index < -0.39 is 22.6 Å². The molecule has 0 heterocycles. The van der Waals surface area contributed by atoms with E-state index >= 15 is 0 Å². The summed E-state index contributed by atoms with van der Waals surface area (Å²) in [7, 11) is -4.89. The Morgan fingerprint density at radius 3 is 1.30 bits per heavy atom. The summed E-state index contributed by atoms with van der Waals surface area (Å²) in [5, 5.41) is 0. The molecule has 0 amide bonds. The second-order valence-corrected chi connectivity index (χ2v) is 2.42. The SMILES string of the molecule is O=P([O-])(O)O.[Na+].[O]=[Cr]([OH])[OH]. The summed E-state index contributed by atoms with van der Waals surface area (Å²) < 4.78 is 31.9. The van der Waals surface area contributed by atoms with Crippen LogP contribution in [0.15, 0.2) is 0 Å². The Balaban J connectivity index is -0.0000000910. The quantitative estimate of drug-likeness (QED) is 0.236. The zero-order chi connectivity index (χ0) is 8.08. The zero-order valence-corrected chi connectivity index (χ0v) is 9.04. The van der Waals surface area contributed by atoms with Crippen LogP contribution in [0.4, 0.5) is 0 Å². The van der Waals surface area contributed by atoms with Gasteiger partial charge in [-0.25, -0.2) is 0 Å². The summed E-state index contributed by atoms with van der Waals surface area (Å²) in [6.07, 6.45) is 0. The van der Waals surface area contributed by atoms with Crippen molar-refractivity contribution in [1.82, 2.24) is 0 Å². The first-order valence-electron chi connectivity index (χ1n) is 1.30. The van der Waals surface area contributed by atoms with Crippen LogP contribution in [0.2, 0.25) is 0 Å². The van der Waals surface area contributed by atoms with Crippen molar-refractivity contribution in [2.75, 3.05) is 0 Å². The average Bonchev–Trinajstić information content (AvgIpc) is 1.19. The van der Waals surface area contributed by atoms with E-state index in [4.69, 9.17) is 31.4 Å². The Labute approximate surface area is 83.1 Å². The molecular formula is H4CrNaO7P. The molecule has 0 saturated heterocycles. The van der Waals surface area contributed by atoms with E-state index in [2.05, 4.69) is 0 Å². The molecule has 0 atom stereocenters. The molecule has 10 heteroatoms. The van der Waals surface area contributed by atoms with Gasteiger partial charge in [-0.15, -0.1) is 0 Å². The second-order valence-electron chi connectivity index (χ2n) is 0.721. The van der Waals surface area contributed by atoms with Crippen molar-refractivity contribution in [3.8, 4) is 0 Å². The van der Waals surface area contributed by atoms with E-state index in [1.54, 1.807) is 0 Å². The van der Waals surface area contributed by atoms with Gasteiger partial charge in [0.15, 0.2) is 0 Å². The molecule has 0 aromatic rings. The van der Waals surface area contributed by atoms with Gasteiger partial charge in [0.1, 0.15) is 0 Å². The Kier molecular flexibility index (Phi) is 14.8. The summed E-state index contributed by atoms with van der Waals surface area (Å²) in [5.41, 5.74) is 0. The van der Waals surface area contributed by atoms with Gasteiger partial charge in [-0.05, 0) is 0 Å². The van der Waals surface area contributed by atoms with Crippen molar-refractivity contribution < 1.29 is 75.7 Å². The summed E-state index contributed by atoms with van der Waals surface area (Å²) in [6.45, 7) is 0. The summed E-state index contributed by atoms with van der Waals surface area (Å²) >= 11 is -3.29. The molecule has 0 fully saturated rings. The van der Waals surface area contributed by atoms with E-state index in [0.717, 1.165) is 0 Å². The third-order valence-corrected chi connectivity index (χ3v) is 0. The van der Waals surface area contributed by atoms with Gasteiger partial charge in [0.05, 0.1) is 0 Å². The number of hydrogen-bond acceptors (Lipinski definition) is 3. The molecule has 0 aliphatic heterocycles. The fraction of sp³-hybridized carbons (Fsp3) is 0. The predicted molar refractivity (Wildman–Crippen MR) is 17.2 cm³/mol. The Morgan fingerprint density at radius 1 is 1.30 bits per heavy atom. The molecule has 0 bridgehead atoms. The molecule has 0 aliphatic carbocycles. The third kappa shape index (κ3) is 353. The van der Waals surface area contributed by atoms with Crippen LogP contribution >= 0.6 is 7.82 Å². The zero-order valence-electron chi connectivity index (χ0n) is 4.87. The van der Waals surface area contributed by atoms with Crippen molar-refractivity contribution in [1.29, 1.82) is 0 Å². The molecule has 0 aromatic heterocycles. The fourth-order valence-corrected chi connectivity index (χ4v) is 0. The number of rotatable bonds is 0. The van der Waals surface area contributed by atoms with Crippen LogP contribution in [0, 0.1) is 0 Å². The normalized spacial score (nSPS) is 9.40. The Hall–Kier alpha value is 1.36. The molecule has 58 valence electrons. The first kappa shape index (κ1) is 17.4. The van der Waals surface area contributed by atoms with Crippen LogP contribution in [0.25, 0.3) is 0 Å². The molecule has 0 spiro atoms. The van der Waals surface area contributed by atoms with Crippen molar-refractivity contribution in [2.45, 2.75) is 0 Å². The van der Waals surface area contributed by atoms with Gasteiger partial charge >= 0.3 is 56.4 Å². The van der Waals surface area contributed by atoms with Gasteiger partial charge in [0, 0.05) is 0 Å². The minimum absolute atomic E-state index is 0. The van der Waals surface area contributed by atoms with E-state index in [1.165, 1.54) is 0 Å². The van der Waals surface area contributed by atoms with Crippen molar-refractivity contribution >= 4 is 7.82 Å². The minimum atomic E-state index is -4.89. The molecule has 0 rings (SSSR count). The third-order valence-electron chi connectivity index (χ3n) is 0. The molecule has 0 saturated carbocycles. The predicted octanol–water partition coefficient (Wildman–Crippen LogP) is -5.79. The molecule has 10 heavy (non-hydrogen) atoms. The van der Waals surface area contributed by atoms with Crippen LogP contribution in [-0.2, 0) is 23.1 Å². The van der Waals surface area contributed by atoms with Crippen LogP contribution in [0.5, 0.6) is 0 Å².